The van der Waals surface area contributed by atoms with Gasteiger partial charge < -0.3 is 5.32 Å². The molecule has 1 atom stereocenters. The van der Waals surface area contributed by atoms with Crippen molar-refractivity contribution >= 4 is 16.7 Å². The van der Waals surface area contributed by atoms with E-state index < -0.39 is 11.6 Å². The van der Waals surface area contributed by atoms with E-state index in [1.165, 1.54) is 6.07 Å². The second-order valence-electron chi connectivity index (χ2n) is 5.10. The van der Waals surface area contributed by atoms with Crippen LogP contribution in [0.3, 0.4) is 0 Å². The molecule has 22 heavy (non-hydrogen) atoms. The summed E-state index contributed by atoms with van der Waals surface area (Å²) in [5, 5.41) is 11.5. The summed E-state index contributed by atoms with van der Waals surface area (Å²) in [6.45, 7) is 2.05. The SMILES string of the molecule is CCC[C@@H](Nc1ccc(F)c(F)c1)n1nnc2ccccc21. The molecule has 0 aliphatic rings. The van der Waals surface area contributed by atoms with Crippen LogP contribution in [0.1, 0.15) is 25.9 Å². The minimum Gasteiger partial charge on any atom is -0.364 e. The van der Waals surface area contributed by atoms with Crippen LogP contribution in [0, 0.1) is 11.6 Å². The molecule has 0 fully saturated rings. The first-order valence-electron chi connectivity index (χ1n) is 7.20. The highest BCUT2D eigenvalue weighted by Crippen LogP contribution is 2.23. The summed E-state index contributed by atoms with van der Waals surface area (Å²) >= 11 is 0. The van der Waals surface area contributed by atoms with Crippen molar-refractivity contribution in [3.63, 3.8) is 0 Å². The molecular weight excluding hydrogens is 286 g/mol. The molecule has 4 nitrogen and oxygen atoms in total. The fraction of sp³-hybridized carbons (Fsp3) is 0.250. The van der Waals surface area contributed by atoms with Crippen LogP contribution in [0.5, 0.6) is 0 Å². The van der Waals surface area contributed by atoms with Gasteiger partial charge in [0.2, 0.25) is 0 Å². The van der Waals surface area contributed by atoms with Gasteiger partial charge in [-0.05, 0) is 30.7 Å². The summed E-state index contributed by atoms with van der Waals surface area (Å²) in [5.41, 5.74) is 2.21. The van der Waals surface area contributed by atoms with Crippen LogP contribution in [0.2, 0.25) is 0 Å². The quantitative estimate of drug-likeness (QED) is 0.771. The Labute approximate surface area is 126 Å². The Bertz CT molecular complexity index is 785. The molecule has 0 saturated heterocycles. The van der Waals surface area contributed by atoms with Crippen LogP contribution in [0.25, 0.3) is 11.0 Å². The monoisotopic (exact) mass is 302 g/mol. The van der Waals surface area contributed by atoms with Gasteiger partial charge in [0, 0.05) is 11.8 Å². The molecule has 2 aromatic carbocycles. The first kappa shape index (κ1) is 14.4. The van der Waals surface area contributed by atoms with Gasteiger partial charge in [0.1, 0.15) is 11.7 Å². The van der Waals surface area contributed by atoms with Gasteiger partial charge in [0.25, 0.3) is 0 Å². The number of para-hydroxylation sites is 1. The van der Waals surface area contributed by atoms with Crippen molar-refractivity contribution in [2.75, 3.05) is 5.32 Å². The fourth-order valence-electron chi connectivity index (χ4n) is 2.42. The number of nitrogens with zero attached hydrogens (tertiary/aromatic N) is 3. The molecule has 0 saturated carbocycles. The number of aromatic nitrogens is 3. The van der Waals surface area contributed by atoms with Crippen LogP contribution >= 0.6 is 0 Å². The van der Waals surface area contributed by atoms with Gasteiger partial charge in [-0.3, -0.25) is 0 Å². The second-order valence-corrected chi connectivity index (χ2v) is 5.10. The molecule has 0 unspecified atom stereocenters. The predicted molar refractivity (Wildman–Crippen MR) is 81.5 cm³/mol. The fourth-order valence-corrected chi connectivity index (χ4v) is 2.42. The highest BCUT2D eigenvalue weighted by atomic mass is 19.2. The molecule has 3 rings (SSSR count). The molecule has 0 bridgehead atoms. The molecule has 1 N–H and O–H groups in total. The third kappa shape index (κ3) is 2.77. The third-order valence-corrected chi connectivity index (χ3v) is 3.49. The minimum atomic E-state index is -0.872. The van der Waals surface area contributed by atoms with Crippen molar-refractivity contribution in [1.82, 2.24) is 15.0 Å². The van der Waals surface area contributed by atoms with Gasteiger partial charge in [-0.25, -0.2) is 13.5 Å². The van der Waals surface area contributed by atoms with Gasteiger partial charge in [0.15, 0.2) is 11.6 Å². The number of hydrogen-bond acceptors (Lipinski definition) is 3. The molecule has 6 heteroatoms. The lowest BCUT2D eigenvalue weighted by atomic mass is 10.2. The highest BCUT2D eigenvalue weighted by molar-refractivity contribution is 5.74. The molecule has 114 valence electrons. The number of hydrogen-bond donors (Lipinski definition) is 1. The van der Waals surface area contributed by atoms with Gasteiger partial charge in [-0.15, -0.1) is 5.10 Å². The molecule has 0 aliphatic heterocycles. The standard InChI is InChI=1S/C16H16F2N4/c1-2-5-16(19-11-8-9-12(17)13(18)10-11)22-15-7-4-3-6-14(15)20-21-22/h3-4,6-10,16,19H,2,5H2,1H3/t16-/m0/s1. The number of fused-ring (bicyclic) bond motifs is 1. The molecule has 1 aromatic heterocycles. The van der Waals surface area contributed by atoms with Crippen molar-refractivity contribution in [2.45, 2.75) is 25.9 Å². The highest BCUT2D eigenvalue weighted by Gasteiger charge is 2.15. The Morgan fingerprint density at radius 3 is 2.73 bits per heavy atom. The Kier molecular flexibility index (Phi) is 4.00. The van der Waals surface area contributed by atoms with E-state index in [0.717, 1.165) is 36.0 Å². The molecule has 0 radical (unpaired) electrons. The Morgan fingerprint density at radius 1 is 1.14 bits per heavy atom. The van der Waals surface area contributed by atoms with Gasteiger partial charge in [-0.1, -0.05) is 30.7 Å². The average molecular weight is 302 g/mol. The van der Waals surface area contributed by atoms with Crippen molar-refractivity contribution in [3.8, 4) is 0 Å². The van der Waals surface area contributed by atoms with Crippen molar-refractivity contribution in [3.05, 3.63) is 54.1 Å². The van der Waals surface area contributed by atoms with E-state index in [1.54, 1.807) is 4.68 Å². The minimum absolute atomic E-state index is 0.178. The van der Waals surface area contributed by atoms with Crippen LogP contribution in [-0.2, 0) is 0 Å². The number of rotatable bonds is 5. The molecule has 0 amide bonds. The molecule has 3 aromatic rings. The predicted octanol–water partition coefficient (Wildman–Crippen LogP) is 4.12. The lowest BCUT2D eigenvalue weighted by molar-refractivity contribution is 0.465. The van der Waals surface area contributed by atoms with Crippen molar-refractivity contribution in [1.29, 1.82) is 0 Å². The largest absolute Gasteiger partial charge is 0.364 e. The first-order chi connectivity index (χ1) is 10.7. The summed E-state index contributed by atoms with van der Waals surface area (Å²) in [6, 6.07) is 11.4. The van der Waals surface area contributed by atoms with Crippen molar-refractivity contribution < 1.29 is 8.78 Å². The summed E-state index contributed by atoms with van der Waals surface area (Å²) < 4.78 is 28.2. The van der Waals surface area contributed by atoms with Gasteiger partial charge in [0.05, 0.1) is 5.52 Å². The van der Waals surface area contributed by atoms with E-state index in [9.17, 15) is 8.78 Å². The zero-order valence-electron chi connectivity index (χ0n) is 12.1. The summed E-state index contributed by atoms with van der Waals surface area (Å²) in [6.07, 6.45) is 1.52. The number of anilines is 1. The number of nitrogens with one attached hydrogen (secondary N) is 1. The zero-order chi connectivity index (χ0) is 15.5. The van der Waals surface area contributed by atoms with Gasteiger partial charge in [-0.2, -0.15) is 0 Å². The third-order valence-electron chi connectivity index (χ3n) is 3.49. The van der Waals surface area contributed by atoms with Crippen LogP contribution in [0.15, 0.2) is 42.5 Å². The van der Waals surface area contributed by atoms with Gasteiger partial charge >= 0.3 is 0 Å². The van der Waals surface area contributed by atoms with E-state index in [2.05, 4.69) is 22.6 Å². The van der Waals surface area contributed by atoms with E-state index in [0.29, 0.717) is 5.69 Å². The second kappa shape index (κ2) is 6.09. The molecule has 1 heterocycles. The van der Waals surface area contributed by atoms with Crippen molar-refractivity contribution in [2.24, 2.45) is 0 Å². The van der Waals surface area contributed by atoms with Crippen LogP contribution in [-0.4, -0.2) is 15.0 Å². The molecule has 0 spiro atoms. The lowest BCUT2D eigenvalue weighted by Gasteiger charge is -2.20. The molecule has 0 aliphatic carbocycles. The van der Waals surface area contributed by atoms with E-state index in [4.69, 9.17) is 0 Å². The number of halogens is 2. The maximum atomic E-state index is 13.4. The smallest absolute Gasteiger partial charge is 0.160 e. The zero-order valence-corrected chi connectivity index (χ0v) is 12.1. The topological polar surface area (TPSA) is 42.7 Å². The van der Waals surface area contributed by atoms with E-state index in [1.807, 2.05) is 24.3 Å². The maximum Gasteiger partial charge on any atom is 0.160 e. The summed E-state index contributed by atoms with van der Waals surface area (Å²) in [4.78, 5) is 0. The van der Waals surface area contributed by atoms with E-state index >= 15 is 0 Å². The number of benzene rings is 2. The normalized spacial score (nSPS) is 12.5. The Hall–Kier alpha value is -2.50. The van der Waals surface area contributed by atoms with Crippen LogP contribution < -0.4 is 5.32 Å². The summed E-state index contributed by atoms with van der Waals surface area (Å²) in [7, 11) is 0. The molecular formula is C16H16F2N4. The summed E-state index contributed by atoms with van der Waals surface area (Å²) in [5.74, 6) is -1.73. The first-order valence-corrected chi connectivity index (χ1v) is 7.20. The average Bonchev–Trinajstić information content (AvgIpc) is 2.94. The Morgan fingerprint density at radius 2 is 1.95 bits per heavy atom. The lowest BCUT2D eigenvalue weighted by Crippen LogP contribution is -2.19. The Balaban J connectivity index is 1.93. The van der Waals surface area contributed by atoms with E-state index in [-0.39, 0.29) is 6.17 Å². The van der Waals surface area contributed by atoms with Crippen LogP contribution in [0.4, 0.5) is 14.5 Å². The maximum absolute atomic E-state index is 13.4.